The zero-order valence-corrected chi connectivity index (χ0v) is 18.6. The molecule has 1 amide bonds. The van der Waals surface area contributed by atoms with Crippen molar-refractivity contribution in [2.45, 2.75) is 25.7 Å². The van der Waals surface area contributed by atoms with Crippen molar-refractivity contribution >= 4 is 27.3 Å². The Morgan fingerprint density at radius 3 is 2.10 bits per heavy atom. The molecule has 0 aliphatic carbocycles. The second-order valence-corrected chi connectivity index (χ2v) is 8.93. The van der Waals surface area contributed by atoms with Crippen LogP contribution < -0.4 is 14.4 Å². The highest BCUT2D eigenvalue weighted by atomic mass is 32.2. The number of rotatable bonds is 8. The third-order valence-electron chi connectivity index (χ3n) is 4.80. The van der Waals surface area contributed by atoms with Gasteiger partial charge in [-0.2, -0.15) is 0 Å². The van der Waals surface area contributed by atoms with Crippen molar-refractivity contribution in [2.75, 3.05) is 22.8 Å². The standard InChI is InChI=1S/C24H26N2O4S/c1-4-30-21-15-13-20(14-16-21)26(31(28,29)22-11-6-5-7-12-22)17-23(27)25-24-18(2)9-8-10-19(24)3/h5-16H,4,17H2,1-3H3,(H,25,27). The normalized spacial score (nSPS) is 11.1. The summed E-state index contributed by atoms with van der Waals surface area (Å²) in [4.78, 5) is 13.0. The van der Waals surface area contributed by atoms with Crippen molar-refractivity contribution in [3.05, 3.63) is 83.9 Å². The molecule has 31 heavy (non-hydrogen) atoms. The van der Waals surface area contributed by atoms with Crippen molar-refractivity contribution in [3.8, 4) is 5.75 Å². The van der Waals surface area contributed by atoms with Crippen molar-refractivity contribution < 1.29 is 17.9 Å². The van der Waals surface area contributed by atoms with Crippen LogP contribution in [-0.2, 0) is 14.8 Å². The van der Waals surface area contributed by atoms with Crippen molar-refractivity contribution in [3.63, 3.8) is 0 Å². The fraction of sp³-hybridized carbons (Fsp3) is 0.208. The molecular weight excluding hydrogens is 412 g/mol. The van der Waals surface area contributed by atoms with Gasteiger partial charge in [-0.25, -0.2) is 8.42 Å². The highest BCUT2D eigenvalue weighted by molar-refractivity contribution is 7.92. The zero-order valence-electron chi connectivity index (χ0n) is 17.8. The fourth-order valence-electron chi connectivity index (χ4n) is 3.23. The maximum Gasteiger partial charge on any atom is 0.264 e. The van der Waals surface area contributed by atoms with Crippen LogP contribution in [0.25, 0.3) is 0 Å². The minimum atomic E-state index is -3.96. The molecule has 1 N–H and O–H groups in total. The van der Waals surface area contributed by atoms with Gasteiger partial charge in [-0.3, -0.25) is 9.10 Å². The van der Waals surface area contributed by atoms with Gasteiger partial charge in [-0.1, -0.05) is 36.4 Å². The monoisotopic (exact) mass is 438 g/mol. The summed E-state index contributed by atoms with van der Waals surface area (Å²) in [5.41, 5.74) is 2.89. The lowest BCUT2D eigenvalue weighted by atomic mass is 10.1. The number of nitrogens with zero attached hydrogens (tertiary/aromatic N) is 1. The van der Waals surface area contributed by atoms with Gasteiger partial charge < -0.3 is 10.1 Å². The highest BCUT2D eigenvalue weighted by Gasteiger charge is 2.27. The van der Waals surface area contributed by atoms with Gasteiger partial charge in [0, 0.05) is 5.69 Å². The molecule has 0 aliphatic heterocycles. The Kier molecular flexibility index (Phi) is 6.97. The van der Waals surface area contributed by atoms with E-state index in [4.69, 9.17) is 4.74 Å². The van der Waals surface area contributed by atoms with E-state index in [-0.39, 0.29) is 11.4 Å². The number of aryl methyl sites for hydroxylation is 2. The first-order valence-electron chi connectivity index (χ1n) is 9.99. The topological polar surface area (TPSA) is 75.7 Å². The Balaban J connectivity index is 1.95. The van der Waals surface area contributed by atoms with Gasteiger partial charge in [0.1, 0.15) is 12.3 Å². The number of hydrogen-bond acceptors (Lipinski definition) is 4. The number of anilines is 2. The average molecular weight is 439 g/mol. The number of para-hydroxylation sites is 1. The Morgan fingerprint density at radius 2 is 1.52 bits per heavy atom. The second kappa shape index (κ2) is 9.66. The van der Waals surface area contributed by atoms with Gasteiger partial charge in [0.2, 0.25) is 5.91 Å². The van der Waals surface area contributed by atoms with Crippen LogP contribution in [-0.4, -0.2) is 27.5 Å². The van der Waals surface area contributed by atoms with Crippen LogP contribution in [0.2, 0.25) is 0 Å². The maximum atomic E-state index is 13.4. The number of carbonyl (C=O) groups excluding carboxylic acids is 1. The zero-order chi connectivity index (χ0) is 22.4. The molecule has 0 heterocycles. The van der Waals surface area contributed by atoms with Gasteiger partial charge >= 0.3 is 0 Å². The Hall–Kier alpha value is -3.32. The largest absolute Gasteiger partial charge is 0.494 e. The Bertz CT molecular complexity index is 1120. The average Bonchev–Trinajstić information content (AvgIpc) is 2.76. The second-order valence-electron chi connectivity index (χ2n) is 7.07. The molecule has 0 unspecified atom stereocenters. The molecule has 0 saturated carbocycles. The number of amides is 1. The van der Waals surface area contributed by atoms with E-state index in [1.54, 1.807) is 42.5 Å². The Morgan fingerprint density at radius 1 is 0.903 bits per heavy atom. The van der Waals surface area contributed by atoms with E-state index in [1.807, 2.05) is 39.0 Å². The quantitative estimate of drug-likeness (QED) is 0.560. The minimum absolute atomic E-state index is 0.115. The van der Waals surface area contributed by atoms with Gasteiger partial charge in [-0.15, -0.1) is 0 Å². The van der Waals surface area contributed by atoms with Gasteiger partial charge in [-0.05, 0) is 68.3 Å². The molecule has 3 rings (SSSR count). The minimum Gasteiger partial charge on any atom is -0.494 e. The molecule has 0 spiro atoms. The maximum absolute atomic E-state index is 13.4. The lowest BCUT2D eigenvalue weighted by Gasteiger charge is -2.24. The molecular formula is C24H26N2O4S. The summed E-state index contributed by atoms with van der Waals surface area (Å²) in [6.45, 7) is 5.81. The Labute approximate surface area is 183 Å². The summed E-state index contributed by atoms with van der Waals surface area (Å²) in [6.07, 6.45) is 0. The fourth-order valence-corrected chi connectivity index (χ4v) is 4.67. The highest BCUT2D eigenvalue weighted by Crippen LogP contribution is 2.26. The molecule has 3 aromatic rings. The predicted octanol–water partition coefficient (Wildman–Crippen LogP) is 4.54. The van der Waals surface area contributed by atoms with Crippen molar-refractivity contribution in [1.29, 1.82) is 0 Å². The molecule has 7 heteroatoms. The lowest BCUT2D eigenvalue weighted by Crippen LogP contribution is -2.38. The summed E-state index contributed by atoms with van der Waals surface area (Å²) in [7, 11) is -3.96. The molecule has 3 aromatic carbocycles. The summed E-state index contributed by atoms with van der Waals surface area (Å²) in [5, 5.41) is 2.86. The summed E-state index contributed by atoms with van der Waals surface area (Å²) < 4.78 is 33.3. The van der Waals surface area contributed by atoms with Gasteiger partial charge in [0.05, 0.1) is 17.2 Å². The van der Waals surface area contributed by atoms with E-state index in [0.29, 0.717) is 23.7 Å². The van der Waals surface area contributed by atoms with Crippen LogP contribution in [0.4, 0.5) is 11.4 Å². The van der Waals surface area contributed by atoms with Crippen molar-refractivity contribution in [2.24, 2.45) is 0 Å². The summed E-state index contributed by atoms with van der Waals surface area (Å²) in [5.74, 6) is 0.203. The number of sulfonamides is 1. The smallest absolute Gasteiger partial charge is 0.264 e. The molecule has 0 aliphatic rings. The van der Waals surface area contributed by atoms with Crippen LogP contribution in [0.15, 0.2) is 77.7 Å². The molecule has 0 saturated heterocycles. The van der Waals surface area contributed by atoms with Crippen LogP contribution in [0.5, 0.6) is 5.75 Å². The van der Waals surface area contributed by atoms with E-state index in [9.17, 15) is 13.2 Å². The number of ether oxygens (including phenoxy) is 1. The SMILES string of the molecule is CCOc1ccc(N(CC(=O)Nc2c(C)cccc2C)S(=O)(=O)c2ccccc2)cc1. The van der Waals surface area contributed by atoms with Crippen molar-refractivity contribution in [1.82, 2.24) is 0 Å². The molecule has 0 bridgehead atoms. The first-order valence-corrected chi connectivity index (χ1v) is 11.4. The van der Waals surface area contributed by atoms with Gasteiger partial charge in [0.15, 0.2) is 0 Å². The first-order chi connectivity index (χ1) is 14.8. The number of carbonyl (C=O) groups is 1. The molecule has 6 nitrogen and oxygen atoms in total. The molecule has 0 radical (unpaired) electrons. The van der Waals surface area contributed by atoms with Gasteiger partial charge in [0.25, 0.3) is 10.0 Å². The van der Waals surface area contributed by atoms with E-state index >= 15 is 0 Å². The lowest BCUT2D eigenvalue weighted by molar-refractivity contribution is -0.114. The predicted molar refractivity (Wildman–Crippen MR) is 123 cm³/mol. The van der Waals surface area contributed by atoms with E-state index in [2.05, 4.69) is 5.32 Å². The first kappa shape index (κ1) is 22.4. The number of hydrogen-bond donors (Lipinski definition) is 1. The van der Waals surface area contributed by atoms with E-state index in [0.717, 1.165) is 15.4 Å². The van der Waals surface area contributed by atoms with E-state index < -0.39 is 15.9 Å². The van der Waals surface area contributed by atoms with Crippen LogP contribution in [0.1, 0.15) is 18.1 Å². The third-order valence-corrected chi connectivity index (χ3v) is 6.59. The summed E-state index contributed by atoms with van der Waals surface area (Å²) >= 11 is 0. The molecule has 162 valence electrons. The van der Waals surface area contributed by atoms with Crippen LogP contribution in [0.3, 0.4) is 0 Å². The van der Waals surface area contributed by atoms with Crippen LogP contribution in [0, 0.1) is 13.8 Å². The molecule has 0 fully saturated rings. The molecule has 0 aromatic heterocycles. The van der Waals surface area contributed by atoms with E-state index in [1.165, 1.54) is 12.1 Å². The van der Waals surface area contributed by atoms with Crippen LogP contribution >= 0.6 is 0 Å². The summed E-state index contributed by atoms with van der Waals surface area (Å²) in [6, 6.07) is 20.4. The number of benzene rings is 3. The number of nitrogens with one attached hydrogen (secondary N) is 1. The third kappa shape index (κ3) is 5.24. The molecule has 0 atom stereocenters.